The highest BCUT2D eigenvalue weighted by Gasteiger charge is 2.76. The maximum Gasteiger partial charge on any atom is 0.409 e. The Bertz CT molecular complexity index is 1340. The molecule has 10 nitrogen and oxygen atoms in total. The second-order valence-electron chi connectivity index (χ2n) is 12.5. The van der Waals surface area contributed by atoms with Crippen LogP contribution in [0.2, 0.25) is 10.0 Å². The van der Waals surface area contributed by atoms with Crippen LogP contribution in [0.1, 0.15) is 58.8 Å². The minimum absolute atomic E-state index is 0.0335. The van der Waals surface area contributed by atoms with Crippen LogP contribution < -0.4 is 10.6 Å². The molecular formula is C31H38Cl2N4O6. The van der Waals surface area contributed by atoms with Crippen molar-refractivity contribution in [1.29, 1.82) is 0 Å². The van der Waals surface area contributed by atoms with Crippen molar-refractivity contribution in [3.63, 3.8) is 0 Å². The number of halogens is 2. The van der Waals surface area contributed by atoms with Crippen LogP contribution in [-0.4, -0.2) is 82.6 Å². The molecule has 1 saturated carbocycles. The summed E-state index contributed by atoms with van der Waals surface area (Å²) in [6.45, 7) is 4.64. The van der Waals surface area contributed by atoms with Crippen LogP contribution >= 0.6 is 23.2 Å². The zero-order valence-electron chi connectivity index (χ0n) is 24.4. The number of anilines is 1. The fraction of sp³-hybridized carbons (Fsp3) is 0.613. The van der Waals surface area contributed by atoms with E-state index in [0.29, 0.717) is 41.7 Å². The van der Waals surface area contributed by atoms with E-state index in [1.807, 2.05) is 12.2 Å². The van der Waals surface area contributed by atoms with Gasteiger partial charge in [0.2, 0.25) is 17.7 Å². The van der Waals surface area contributed by atoms with E-state index in [0.717, 1.165) is 32.1 Å². The summed E-state index contributed by atoms with van der Waals surface area (Å²) in [5, 5.41) is 6.79. The number of ether oxygens (including phenoxy) is 2. The second kappa shape index (κ2) is 11.6. The number of carbonyl (C=O) groups excluding carboxylic acids is 4. The molecule has 0 aromatic heterocycles. The first-order valence-corrected chi connectivity index (χ1v) is 16.0. The Morgan fingerprint density at radius 1 is 1.02 bits per heavy atom. The van der Waals surface area contributed by atoms with Gasteiger partial charge in [0.1, 0.15) is 11.6 Å². The Balaban J connectivity index is 1.31. The lowest BCUT2D eigenvalue weighted by Crippen LogP contribution is -2.60. The summed E-state index contributed by atoms with van der Waals surface area (Å²) in [5.41, 5.74) is -1.92. The van der Waals surface area contributed by atoms with Crippen LogP contribution in [0.25, 0.3) is 0 Å². The average Bonchev–Trinajstić information content (AvgIpc) is 3.56. The monoisotopic (exact) mass is 632 g/mol. The van der Waals surface area contributed by atoms with Crippen molar-refractivity contribution < 1.29 is 28.7 Å². The van der Waals surface area contributed by atoms with Gasteiger partial charge in [-0.05, 0) is 57.7 Å². The van der Waals surface area contributed by atoms with Crippen LogP contribution in [0.15, 0.2) is 30.4 Å². The number of nitrogens with zero attached hydrogens (tertiary/aromatic N) is 2. The van der Waals surface area contributed by atoms with Crippen LogP contribution in [0.4, 0.5) is 10.5 Å². The van der Waals surface area contributed by atoms with Crippen molar-refractivity contribution in [3.8, 4) is 0 Å². The first-order valence-electron chi connectivity index (χ1n) is 15.3. The number of benzene rings is 1. The summed E-state index contributed by atoms with van der Waals surface area (Å²) in [7, 11) is 0. The van der Waals surface area contributed by atoms with Gasteiger partial charge in [-0.3, -0.25) is 14.4 Å². The van der Waals surface area contributed by atoms with Gasteiger partial charge in [-0.25, -0.2) is 4.79 Å². The fourth-order valence-electron chi connectivity index (χ4n) is 7.82. The summed E-state index contributed by atoms with van der Waals surface area (Å²) < 4.78 is 11.8. The molecule has 5 aliphatic rings. The van der Waals surface area contributed by atoms with Gasteiger partial charge < -0.3 is 29.9 Å². The SMILES string of the molecule is CCOC(=O)N1CCC(N2C(=O)[C@H]3[C@@H](C(=O)Nc4ccc(Cl)c(Cl)c4)[C@@]4(C)C=C[C@@]3(O4)[C@@H]2C(=O)NC2CCCCC2)CC1. The Morgan fingerprint density at radius 2 is 1.74 bits per heavy atom. The van der Waals surface area contributed by atoms with Gasteiger partial charge in [0, 0.05) is 30.9 Å². The number of fused-ring (bicyclic) bond motifs is 1. The standard InChI is InChI=1S/C31H38Cl2N4O6/c1-3-42-29(41)36-15-11-20(12-16-36)37-25(27(39)34-18-7-5-4-6-8-18)31-14-13-30(2,43-31)23(24(31)28(37)40)26(38)35-19-9-10-21(32)22(33)17-19/h9-10,13-14,17-18,20,23-25H,3-8,11-12,15-16H2,1-2H3,(H,34,39)(H,35,38)/t23-,24+,25-,30+,31-/m0/s1. The molecule has 2 N–H and O–H groups in total. The summed E-state index contributed by atoms with van der Waals surface area (Å²) in [4.78, 5) is 58.3. The third-order valence-corrected chi connectivity index (χ3v) is 10.5. The maximum absolute atomic E-state index is 14.5. The zero-order chi connectivity index (χ0) is 30.5. The van der Waals surface area contributed by atoms with Gasteiger partial charge in [0.25, 0.3) is 0 Å². The number of hydrogen-bond donors (Lipinski definition) is 2. The lowest BCUT2D eigenvalue weighted by Gasteiger charge is -2.41. The van der Waals surface area contributed by atoms with Crippen molar-refractivity contribution in [3.05, 3.63) is 40.4 Å². The lowest BCUT2D eigenvalue weighted by molar-refractivity contribution is -0.148. The van der Waals surface area contributed by atoms with Crippen LogP contribution in [-0.2, 0) is 23.9 Å². The van der Waals surface area contributed by atoms with E-state index in [1.54, 1.807) is 41.8 Å². The van der Waals surface area contributed by atoms with Gasteiger partial charge in [0.05, 0.1) is 34.1 Å². The van der Waals surface area contributed by atoms with Gasteiger partial charge in [0.15, 0.2) is 0 Å². The first kappa shape index (κ1) is 30.2. The summed E-state index contributed by atoms with van der Waals surface area (Å²) in [6, 6.07) is 3.59. The number of hydrogen-bond acceptors (Lipinski definition) is 6. The van der Waals surface area contributed by atoms with Gasteiger partial charge >= 0.3 is 6.09 Å². The molecule has 4 amide bonds. The number of carbonyl (C=O) groups is 4. The van der Waals surface area contributed by atoms with Gasteiger partial charge in [-0.1, -0.05) is 54.6 Å². The number of likely N-dealkylation sites (tertiary alicyclic amines) is 2. The van der Waals surface area contributed by atoms with Crippen molar-refractivity contribution in [2.75, 3.05) is 25.0 Å². The molecule has 2 bridgehead atoms. The highest BCUT2D eigenvalue weighted by Crippen LogP contribution is 2.60. The van der Waals surface area contributed by atoms with E-state index in [2.05, 4.69) is 10.6 Å². The molecule has 12 heteroatoms. The quantitative estimate of drug-likeness (QED) is 0.445. The second-order valence-corrected chi connectivity index (χ2v) is 13.3. The smallest absolute Gasteiger partial charge is 0.409 e. The summed E-state index contributed by atoms with van der Waals surface area (Å²) >= 11 is 12.3. The number of rotatable bonds is 6. The molecule has 232 valence electrons. The van der Waals surface area contributed by atoms with E-state index in [-0.39, 0.29) is 36.6 Å². The molecule has 3 saturated heterocycles. The van der Waals surface area contributed by atoms with E-state index in [1.165, 1.54) is 0 Å². The third-order valence-electron chi connectivity index (χ3n) is 9.79. The van der Waals surface area contributed by atoms with Crippen LogP contribution in [0, 0.1) is 11.8 Å². The Kier molecular flexibility index (Phi) is 8.15. The predicted molar refractivity (Wildman–Crippen MR) is 161 cm³/mol. The molecule has 1 aliphatic carbocycles. The average molecular weight is 634 g/mol. The van der Waals surface area contributed by atoms with E-state index in [9.17, 15) is 19.2 Å². The minimum atomic E-state index is -1.29. The molecule has 4 aliphatic heterocycles. The van der Waals surface area contributed by atoms with Gasteiger partial charge in [-0.2, -0.15) is 0 Å². The largest absolute Gasteiger partial charge is 0.450 e. The Hall–Kier alpha value is -2.82. The molecule has 6 rings (SSSR count). The van der Waals surface area contributed by atoms with Crippen molar-refractivity contribution in [2.45, 2.75) is 88.1 Å². The number of nitrogens with one attached hydrogen (secondary N) is 2. The lowest BCUT2D eigenvalue weighted by atomic mass is 9.70. The summed E-state index contributed by atoms with van der Waals surface area (Å²) in [6.07, 6.45) is 9.27. The van der Waals surface area contributed by atoms with E-state index in [4.69, 9.17) is 32.7 Å². The molecule has 1 aromatic rings. The van der Waals surface area contributed by atoms with Crippen LogP contribution in [0.3, 0.4) is 0 Å². The molecular weight excluding hydrogens is 595 g/mol. The topological polar surface area (TPSA) is 117 Å². The zero-order valence-corrected chi connectivity index (χ0v) is 26.0. The fourth-order valence-corrected chi connectivity index (χ4v) is 8.12. The molecule has 4 heterocycles. The Labute approximate surface area is 261 Å². The molecule has 43 heavy (non-hydrogen) atoms. The summed E-state index contributed by atoms with van der Waals surface area (Å²) in [5.74, 6) is -2.70. The molecule has 1 aromatic carbocycles. The normalized spacial score (nSPS) is 32.2. The minimum Gasteiger partial charge on any atom is -0.450 e. The molecule has 4 fully saturated rings. The highest BCUT2D eigenvalue weighted by atomic mass is 35.5. The highest BCUT2D eigenvalue weighted by molar-refractivity contribution is 6.42. The predicted octanol–water partition coefficient (Wildman–Crippen LogP) is 4.54. The number of amides is 4. The van der Waals surface area contributed by atoms with Crippen molar-refractivity contribution >= 4 is 52.7 Å². The molecule has 1 spiro atoms. The van der Waals surface area contributed by atoms with Crippen molar-refractivity contribution in [2.24, 2.45) is 11.8 Å². The molecule has 0 radical (unpaired) electrons. The van der Waals surface area contributed by atoms with E-state index >= 15 is 0 Å². The van der Waals surface area contributed by atoms with Crippen LogP contribution in [0.5, 0.6) is 0 Å². The first-order chi connectivity index (χ1) is 20.6. The third kappa shape index (κ3) is 5.19. The molecule has 5 atom stereocenters. The molecule has 0 unspecified atom stereocenters. The van der Waals surface area contributed by atoms with Gasteiger partial charge in [-0.15, -0.1) is 0 Å². The van der Waals surface area contributed by atoms with E-state index < -0.39 is 35.0 Å². The Morgan fingerprint density at radius 3 is 2.42 bits per heavy atom. The number of piperidine rings is 1. The van der Waals surface area contributed by atoms with Crippen molar-refractivity contribution in [1.82, 2.24) is 15.1 Å². The maximum atomic E-state index is 14.5.